The summed E-state index contributed by atoms with van der Waals surface area (Å²) in [6, 6.07) is 9.36. The van der Waals surface area contributed by atoms with Gasteiger partial charge in [-0.3, -0.25) is 0 Å². The molecule has 0 bridgehead atoms. The van der Waals surface area contributed by atoms with Crippen molar-refractivity contribution >= 4 is 34.0 Å². The van der Waals surface area contributed by atoms with Crippen LogP contribution in [0.1, 0.15) is 12.8 Å². The molecule has 2 aliphatic carbocycles. The lowest BCUT2D eigenvalue weighted by molar-refractivity contribution is 0.616. The lowest BCUT2D eigenvalue weighted by Crippen LogP contribution is -2.15. The topological polar surface area (TPSA) is 76.2 Å². The smallest absolute Gasteiger partial charge is 0.247 e. The predicted octanol–water partition coefficient (Wildman–Crippen LogP) is 4.21. The molecule has 2 fully saturated rings. The van der Waals surface area contributed by atoms with Gasteiger partial charge in [0.15, 0.2) is 22.2 Å². The van der Waals surface area contributed by atoms with Crippen molar-refractivity contribution < 1.29 is 4.42 Å². The van der Waals surface area contributed by atoms with Crippen molar-refractivity contribution in [1.29, 1.82) is 0 Å². The molecule has 1 aliphatic heterocycles. The van der Waals surface area contributed by atoms with Crippen molar-refractivity contribution in [2.24, 2.45) is 10.9 Å². The zero-order chi connectivity index (χ0) is 17.8. The average molecular weight is 373 g/mol. The summed E-state index contributed by atoms with van der Waals surface area (Å²) in [5.41, 5.74) is 3.18. The van der Waals surface area contributed by atoms with E-state index in [0.29, 0.717) is 34.6 Å². The Bertz CT molecular complexity index is 1130. The molecule has 27 heavy (non-hydrogen) atoms. The van der Waals surface area contributed by atoms with Gasteiger partial charge in [-0.25, -0.2) is 15.0 Å². The summed E-state index contributed by atoms with van der Waals surface area (Å²) in [6.45, 7) is 0. The Balaban J connectivity index is 1.33. The Morgan fingerprint density at radius 2 is 2.22 bits per heavy atom. The summed E-state index contributed by atoms with van der Waals surface area (Å²) >= 11 is 1.81. The summed E-state index contributed by atoms with van der Waals surface area (Å²) in [6.07, 6.45) is 10.7. The van der Waals surface area contributed by atoms with E-state index in [1.807, 2.05) is 42.1 Å². The van der Waals surface area contributed by atoms with Gasteiger partial charge in [0.25, 0.3) is 0 Å². The first kappa shape index (κ1) is 15.2. The van der Waals surface area contributed by atoms with Gasteiger partial charge >= 0.3 is 0 Å². The van der Waals surface area contributed by atoms with Gasteiger partial charge in [-0.1, -0.05) is 36.1 Å². The minimum absolute atomic E-state index is 0.176. The van der Waals surface area contributed by atoms with Crippen LogP contribution >= 0.6 is 11.8 Å². The van der Waals surface area contributed by atoms with E-state index < -0.39 is 0 Å². The third-order valence-electron chi connectivity index (χ3n) is 5.10. The van der Waals surface area contributed by atoms with Gasteiger partial charge in [-0.2, -0.15) is 4.98 Å². The zero-order valence-corrected chi connectivity index (χ0v) is 15.1. The number of amidine groups is 1. The van der Waals surface area contributed by atoms with Crippen molar-refractivity contribution in [2.45, 2.75) is 17.6 Å². The normalized spacial score (nSPS) is 27.0. The minimum Gasteiger partial charge on any atom is -0.433 e. The molecule has 1 spiro atoms. The van der Waals surface area contributed by atoms with E-state index in [0.717, 1.165) is 11.6 Å². The largest absolute Gasteiger partial charge is 0.433 e. The van der Waals surface area contributed by atoms with E-state index in [-0.39, 0.29) is 4.75 Å². The first-order valence-corrected chi connectivity index (χ1v) is 9.73. The number of thioether (sulfide) groups is 1. The van der Waals surface area contributed by atoms with Gasteiger partial charge in [0, 0.05) is 11.9 Å². The molecular weight excluding hydrogens is 358 g/mol. The molecule has 3 aliphatic rings. The van der Waals surface area contributed by atoms with Crippen molar-refractivity contribution in [3.63, 3.8) is 0 Å². The van der Waals surface area contributed by atoms with E-state index in [2.05, 4.69) is 38.5 Å². The molecular formula is C20H15N5OS. The molecule has 0 radical (unpaired) electrons. The number of nitrogens with zero attached hydrogens (tertiary/aromatic N) is 4. The van der Waals surface area contributed by atoms with Gasteiger partial charge < -0.3 is 9.73 Å². The summed E-state index contributed by atoms with van der Waals surface area (Å²) in [5.74, 6) is 1.71. The molecule has 0 amide bonds. The van der Waals surface area contributed by atoms with Gasteiger partial charge in [0.1, 0.15) is 5.69 Å². The summed E-state index contributed by atoms with van der Waals surface area (Å²) < 4.78 is 5.95. The van der Waals surface area contributed by atoms with Gasteiger partial charge in [-0.15, -0.1) is 0 Å². The number of nitrogens with one attached hydrogen (secondary N) is 1. The number of fused-ring (bicyclic) bond motifs is 1. The number of hydrogen-bond donors (Lipinski definition) is 1. The number of aromatic nitrogens is 3. The number of rotatable bonds is 2. The van der Waals surface area contributed by atoms with E-state index in [9.17, 15) is 0 Å². The van der Waals surface area contributed by atoms with Crippen molar-refractivity contribution in [2.75, 3.05) is 0 Å². The quantitative estimate of drug-likeness (QED) is 0.678. The summed E-state index contributed by atoms with van der Waals surface area (Å²) in [5, 5.41) is 4.39. The van der Waals surface area contributed by atoms with Crippen LogP contribution in [0.4, 0.5) is 5.82 Å². The first-order chi connectivity index (χ1) is 13.3. The standard InChI is InChI=1S/C20H15N5OS/c1-2-8-15-20(11-12(20)5-1)27-19(23-15)24-16-9-3-6-13(22-16)18-25-17-14(26-18)7-4-10-21-17/h1,3-10,12H,2,11H2,(H,22,23,24). The fourth-order valence-corrected chi connectivity index (χ4v) is 5.07. The van der Waals surface area contributed by atoms with Crippen LogP contribution in [0.15, 0.2) is 69.9 Å². The van der Waals surface area contributed by atoms with Gasteiger partial charge in [-0.05, 0) is 43.0 Å². The van der Waals surface area contributed by atoms with Crippen molar-refractivity contribution in [3.8, 4) is 11.6 Å². The SMILES string of the molecule is C1=CC2CC23S/C(=N/c2cccc(-c4nc5ncccc5o4)n2)NC3=CC1. The molecule has 1 N–H and O–H groups in total. The third kappa shape index (κ3) is 2.42. The van der Waals surface area contributed by atoms with Crippen LogP contribution < -0.4 is 5.32 Å². The highest BCUT2D eigenvalue weighted by Gasteiger charge is 2.60. The molecule has 2 atom stereocenters. The Labute approximate surface area is 159 Å². The average Bonchev–Trinajstić information content (AvgIpc) is 3.08. The van der Waals surface area contributed by atoms with E-state index >= 15 is 0 Å². The van der Waals surface area contributed by atoms with Crippen LogP contribution in [-0.4, -0.2) is 24.9 Å². The van der Waals surface area contributed by atoms with Crippen LogP contribution in [-0.2, 0) is 0 Å². The molecule has 6 rings (SSSR count). The number of pyridine rings is 2. The second kappa shape index (κ2) is 5.53. The monoisotopic (exact) mass is 373 g/mol. The Morgan fingerprint density at radius 3 is 3.19 bits per heavy atom. The molecule has 132 valence electrons. The van der Waals surface area contributed by atoms with Crippen LogP contribution in [0.5, 0.6) is 0 Å². The molecule has 3 aromatic rings. The summed E-state index contributed by atoms with van der Waals surface area (Å²) in [7, 11) is 0. The van der Waals surface area contributed by atoms with Crippen LogP contribution in [0.3, 0.4) is 0 Å². The van der Waals surface area contributed by atoms with Crippen molar-refractivity contribution in [3.05, 3.63) is 60.5 Å². The van der Waals surface area contributed by atoms with Gasteiger partial charge in [0.2, 0.25) is 5.89 Å². The number of oxazole rings is 1. The van der Waals surface area contributed by atoms with E-state index in [4.69, 9.17) is 9.41 Å². The maximum atomic E-state index is 5.77. The van der Waals surface area contributed by atoms with Crippen LogP contribution in [0.2, 0.25) is 0 Å². The number of aliphatic imine (C=N–C) groups is 1. The minimum atomic E-state index is 0.176. The Morgan fingerprint density at radius 1 is 1.22 bits per heavy atom. The lowest BCUT2D eigenvalue weighted by atomic mass is 10.2. The van der Waals surface area contributed by atoms with E-state index in [1.54, 1.807) is 6.20 Å². The second-order valence-corrected chi connectivity index (χ2v) is 8.17. The highest BCUT2D eigenvalue weighted by molar-refractivity contribution is 8.15. The van der Waals surface area contributed by atoms with Crippen molar-refractivity contribution in [1.82, 2.24) is 20.3 Å². The zero-order valence-electron chi connectivity index (χ0n) is 14.3. The maximum absolute atomic E-state index is 5.77. The summed E-state index contributed by atoms with van der Waals surface area (Å²) in [4.78, 5) is 18.0. The highest BCUT2D eigenvalue weighted by Crippen LogP contribution is 2.63. The third-order valence-corrected chi connectivity index (χ3v) is 6.54. The maximum Gasteiger partial charge on any atom is 0.247 e. The number of hydrogen-bond acceptors (Lipinski definition) is 6. The first-order valence-electron chi connectivity index (χ1n) is 8.91. The molecule has 2 unspecified atom stereocenters. The molecule has 4 heterocycles. The van der Waals surface area contributed by atoms with Gasteiger partial charge in [0.05, 0.1) is 4.75 Å². The molecule has 6 nitrogen and oxygen atoms in total. The second-order valence-electron chi connectivity index (χ2n) is 6.85. The molecule has 7 heteroatoms. The fraction of sp³-hybridized carbons (Fsp3) is 0.200. The van der Waals surface area contributed by atoms with Crippen LogP contribution in [0.25, 0.3) is 22.8 Å². The van der Waals surface area contributed by atoms with E-state index in [1.165, 1.54) is 12.1 Å². The molecule has 1 saturated carbocycles. The lowest BCUT2D eigenvalue weighted by Gasteiger charge is -2.04. The molecule has 0 aromatic carbocycles. The Kier molecular flexibility index (Phi) is 3.11. The molecule has 3 aromatic heterocycles. The van der Waals surface area contributed by atoms with Crippen LogP contribution in [0, 0.1) is 5.92 Å². The highest BCUT2D eigenvalue weighted by atomic mass is 32.2. The number of allylic oxidation sites excluding steroid dienone is 3. The Hall–Kier alpha value is -2.93. The predicted molar refractivity (Wildman–Crippen MR) is 106 cm³/mol. The molecule has 1 saturated heterocycles. The fourth-order valence-electron chi connectivity index (χ4n) is 3.68.